The van der Waals surface area contributed by atoms with Crippen LogP contribution in [0.2, 0.25) is 0 Å². The Balaban J connectivity index is 2.22. The molecule has 0 fully saturated rings. The minimum absolute atomic E-state index is 0.0226. The third kappa shape index (κ3) is 2.52. The van der Waals surface area contributed by atoms with E-state index in [2.05, 4.69) is 31.1 Å². The molecule has 0 aliphatic rings. The van der Waals surface area contributed by atoms with Gasteiger partial charge in [-0.2, -0.15) is 4.68 Å². The van der Waals surface area contributed by atoms with Crippen molar-refractivity contribution in [3.8, 4) is 5.82 Å². The molecule has 0 spiro atoms. The van der Waals surface area contributed by atoms with Crippen molar-refractivity contribution in [1.29, 1.82) is 0 Å². The van der Waals surface area contributed by atoms with E-state index < -0.39 is 0 Å². The number of para-hydroxylation sites is 1. The molecule has 0 aliphatic heterocycles. The average Bonchev–Trinajstić information content (AvgIpc) is 2.89. The van der Waals surface area contributed by atoms with Gasteiger partial charge >= 0.3 is 0 Å². The lowest BCUT2D eigenvalue weighted by Gasteiger charge is -2.19. The highest BCUT2D eigenvalue weighted by atomic mass is 16.3. The second kappa shape index (κ2) is 4.93. The van der Waals surface area contributed by atoms with Gasteiger partial charge in [0.05, 0.1) is 12.1 Å². The van der Waals surface area contributed by atoms with Crippen molar-refractivity contribution in [2.75, 3.05) is 0 Å². The van der Waals surface area contributed by atoms with Gasteiger partial charge in [-0.1, -0.05) is 38.1 Å². The predicted octanol–water partition coefficient (Wildman–Crippen LogP) is 2.61. The summed E-state index contributed by atoms with van der Waals surface area (Å²) in [6, 6.07) is 11.5. The molecule has 0 atom stereocenters. The number of rotatable bonds is 2. The molecule has 3 rings (SSSR count). The monoisotopic (exact) mass is 282 g/mol. The first-order valence-corrected chi connectivity index (χ1v) is 6.92. The number of fused-ring (bicyclic) bond motifs is 1. The molecule has 5 heteroatoms. The summed E-state index contributed by atoms with van der Waals surface area (Å²) in [6.45, 7) is 6.27. The first-order chi connectivity index (χ1) is 9.99. The Kier molecular flexibility index (Phi) is 3.22. The van der Waals surface area contributed by atoms with E-state index in [0.717, 1.165) is 22.3 Å². The van der Waals surface area contributed by atoms with E-state index in [1.54, 1.807) is 4.68 Å². The van der Waals surface area contributed by atoms with E-state index in [-0.39, 0.29) is 12.0 Å². The maximum Gasteiger partial charge on any atom is 0.156 e. The maximum absolute atomic E-state index is 9.49. The van der Waals surface area contributed by atoms with Crippen LogP contribution in [0, 0.1) is 0 Å². The lowest BCUT2D eigenvalue weighted by Crippen LogP contribution is -2.16. The van der Waals surface area contributed by atoms with Gasteiger partial charge in [-0.3, -0.25) is 0 Å². The zero-order valence-corrected chi connectivity index (χ0v) is 12.4. The van der Waals surface area contributed by atoms with Gasteiger partial charge in [0.2, 0.25) is 0 Å². The Labute approximate surface area is 123 Å². The van der Waals surface area contributed by atoms with Crippen molar-refractivity contribution >= 4 is 11.0 Å². The molecule has 5 nitrogen and oxygen atoms in total. The normalized spacial score (nSPS) is 12.0. The topological polar surface area (TPSA) is 63.8 Å². The average molecular weight is 282 g/mol. The molecule has 0 saturated heterocycles. The Morgan fingerprint density at radius 2 is 1.90 bits per heavy atom. The Morgan fingerprint density at radius 1 is 1.14 bits per heavy atom. The van der Waals surface area contributed by atoms with Crippen LogP contribution in [0.1, 0.15) is 32.0 Å². The second-order valence-corrected chi connectivity index (χ2v) is 6.12. The molecule has 21 heavy (non-hydrogen) atoms. The van der Waals surface area contributed by atoms with Crippen molar-refractivity contribution in [1.82, 2.24) is 20.0 Å². The van der Waals surface area contributed by atoms with E-state index in [4.69, 9.17) is 4.98 Å². The van der Waals surface area contributed by atoms with E-state index in [1.807, 2.05) is 36.4 Å². The number of aliphatic hydroxyl groups is 1. The number of aliphatic hydroxyl groups excluding tert-OH is 1. The third-order valence-corrected chi connectivity index (χ3v) is 3.39. The van der Waals surface area contributed by atoms with Gasteiger partial charge in [0.25, 0.3) is 0 Å². The largest absolute Gasteiger partial charge is 0.392 e. The highest BCUT2D eigenvalue weighted by Crippen LogP contribution is 2.24. The second-order valence-electron chi connectivity index (χ2n) is 6.12. The van der Waals surface area contributed by atoms with Crippen molar-refractivity contribution in [2.45, 2.75) is 32.8 Å². The summed E-state index contributed by atoms with van der Waals surface area (Å²) in [4.78, 5) is 4.69. The highest BCUT2D eigenvalue weighted by molar-refractivity contribution is 5.75. The lowest BCUT2D eigenvalue weighted by molar-refractivity contribution is 0.281. The summed E-state index contributed by atoms with van der Waals surface area (Å²) in [5.74, 6) is 0.681. The van der Waals surface area contributed by atoms with Crippen LogP contribution in [0.3, 0.4) is 0 Å². The minimum atomic E-state index is -0.101. The molecule has 0 saturated carbocycles. The van der Waals surface area contributed by atoms with Crippen molar-refractivity contribution in [2.24, 2.45) is 0 Å². The zero-order chi connectivity index (χ0) is 15.0. The van der Waals surface area contributed by atoms with Gasteiger partial charge < -0.3 is 5.11 Å². The van der Waals surface area contributed by atoms with Crippen LogP contribution in [-0.4, -0.2) is 25.1 Å². The Morgan fingerprint density at radius 3 is 2.62 bits per heavy atom. The van der Waals surface area contributed by atoms with Crippen LogP contribution >= 0.6 is 0 Å². The number of hydrogen-bond acceptors (Lipinski definition) is 4. The molecule has 0 amide bonds. The number of hydrogen-bond donors (Lipinski definition) is 1. The molecule has 3 aromatic rings. The van der Waals surface area contributed by atoms with Crippen LogP contribution in [0.5, 0.6) is 0 Å². The van der Waals surface area contributed by atoms with Gasteiger partial charge in [0.1, 0.15) is 5.52 Å². The van der Waals surface area contributed by atoms with Crippen molar-refractivity contribution in [3.05, 3.63) is 47.7 Å². The number of pyridine rings is 1. The minimum Gasteiger partial charge on any atom is -0.392 e. The molecular weight excluding hydrogens is 264 g/mol. The van der Waals surface area contributed by atoms with Crippen LogP contribution in [-0.2, 0) is 12.0 Å². The quantitative estimate of drug-likeness (QED) is 0.784. The van der Waals surface area contributed by atoms with Gasteiger partial charge in [0, 0.05) is 11.1 Å². The molecule has 2 heterocycles. The standard InChI is InChI=1S/C16H18N4O/c1-16(2,3)14-8-11(10-21)9-15(17-14)20-13-7-5-4-6-12(13)18-19-20/h4-9,21H,10H2,1-3H3. The Hall–Kier alpha value is -2.27. The molecule has 1 aromatic carbocycles. The summed E-state index contributed by atoms with van der Waals surface area (Å²) in [5.41, 5.74) is 3.37. The van der Waals surface area contributed by atoms with Crippen molar-refractivity contribution < 1.29 is 5.11 Å². The summed E-state index contributed by atoms with van der Waals surface area (Å²) in [6.07, 6.45) is 0. The molecule has 0 bridgehead atoms. The summed E-state index contributed by atoms with van der Waals surface area (Å²) < 4.78 is 1.71. The van der Waals surface area contributed by atoms with Gasteiger partial charge in [-0.25, -0.2) is 4.98 Å². The van der Waals surface area contributed by atoms with Crippen molar-refractivity contribution in [3.63, 3.8) is 0 Å². The molecule has 0 unspecified atom stereocenters. The fourth-order valence-corrected chi connectivity index (χ4v) is 2.19. The summed E-state index contributed by atoms with van der Waals surface area (Å²) in [7, 11) is 0. The fraction of sp³-hybridized carbons (Fsp3) is 0.312. The van der Waals surface area contributed by atoms with E-state index in [0.29, 0.717) is 5.82 Å². The molecule has 2 aromatic heterocycles. The van der Waals surface area contributed by atoms with E-state index in [9.17, 15) is 5.11 Å². The smallest absolute Gasteiger partial charge is 0.156 e. The summed E-state index contributed by atoms with van der Waals surface area (Å²) in [5, 5.41) is 17.8. The van der Waals surface area contributed by atoms with E-state index >= 15 is 0 Å². The van der Waals surface area contributed by atoms with Crippen LogP contribution in [0.4, 0.5) is 0 Å². The Bertz CT molecular complexity index is 786. The molecule has 1 N–H and O–H groups in total. The molecule has 108 valence electrons. The van der Waals surface area contributed by atoms with Crippen LogP contribution in [0.25, 0.3) is 16.9 Å². The molecule has 0 aliphatic carbocycles. The molecular formula is C16H18N4O. The van der Waals surface area contributed by atoms with Crippen LogP contribution < -0.4 is 0 Å². The van der Waals surface area contributed by atoms with Crippen LogP contribution in [0.15, 0.2) is 36.4 Å². The lowest BCUT2D eigenvalue weighted by atomic mass is 9.91. The number of benzene rings is 1. The third-order valence-electron chi connectivity index (χ3n) is 3.39. The fourth-order valence-electron chi connectivity index (χ4n) is 2.19. The zero-order valence-electron chi connectivity index (χ0n) is 12.4. The van der Waals surface area contributed by atoms with Gasteiger partial charge in [0.15, 0.2) is 5.82 Å². The highest BCUT2D eigenvalue weighted by Gasteiger charge is 2.18. The summed E-state index contributed by atoms with van der Waals surface area (Å²) >= 11 is 0. The SMILES string of the molecule is CC(C)(C)c1cc(CO)cc(-n2nnc3ccccc32)n1. The maximum atomic E-state index is 9.49. The molecule has 0 radical (unpaired) electrons. The van der Waals surface area contributed by atoms with E-state index in [1.165, 1.54) is 0 Å². The number of nitrogens with zero attached hydrogens (tertiary/aromatic N) is 4. The van der Waals surface area contributed by atoms with Gasteiger partial charge in [-0.05, 0) is 29.8 Å². The predicted molar refractivity (Wildman–Crippen MR) is 81.3 cm³/mol. The van der Waals surface area contributed by atoms with Gasteiger partial charge in [-0.15, -0.1) is 5.10 Å². The first kappa shape index (κ1) is 13.7. The number of aromatic nitrogens is 4. The first-order valence-electron chi connectivity index (χ1n) is 6.92.